The average molecular weight is 318 g/mol. The SMILES string of the molecule is CCNC(CCOCCOC)Cc1c(Cl)c(CC)nn1C. The summed E-state index contributed by atoms with van der Waals surface area (Å²) in [4.78, 5) is 0. The summed E-state index contributed by atoms with van der Waals surface area (Å²) in [5, 5.41) is 8.77. The molecule has 0 aromatic carbocycles. The summed E-state index contributed by atoms with van der Waals surface area (Å²) in [6.07, 6.45) is 2.67. The molecule has 122 valence electrons. The van der Waals surface area contributed by atoms with Crippen LogP contribution < -0.4 is 5.32 Å². The molecule has 0 amide bonds. The van der Waals surface area contributed by atoms with Crippen LogP contribution in [0.15, 0.2) is 0 Å². The molecule has 0 saturated carbocycles. The smallest absolute Gasteiger partial charge is 0.0850 e. The van der Waals surface area contributed by atoms with Gasteiger partial charge >= 0.3 is 0 Å². The van der Waals surface area contributed by atoms with Gasteiger partial charge < -0.3 is 14.8 Å². The molecule has 1 N–H and O–H groups in total. The van der Waals surface area contributed by atoms with Gasteiger partial charge in [-0.1, -0.05) is 25.4 Å². The van der Waals surface area contributed by atoms with Gasteiger partial charge in [-0.05, 0) is 19.4 Å². The molecule has 1 aromatic rings. The first-order valence-electron chi connectivity index (χ1n) is 7.64. The summed E-state index contributed by atoms with van der Waals surface area (Å²) >= 11 is 6.42. The second kappa shape index (κ2) is 10.2. The first-order valence-corrected chi connectivity index (χ1v) is 8.02. The van der Waals surface area contributed by atoms with Crippen LogP contribution in [0.1, 0.15) is 31.7 Å². The Hall–Kier alpha value is -0.620. The zero-order valence-electron chi connectivity index (χ0n) is 13.6. The number of nitrogens with one attached hydrogen (secondary N) is 1. The zero-order chi connectivity index (χ0) is 15.7. The number of hydrogen-bond donors (Lipinski definition) is 1. The lowest BCUT2D eigenvalue weighted by atomic mass is 10.1. The van der Waals surface area contributed by atoms with Crippen LogP contribution in [0.25, 0.3) is 0 Å². The highest BCUT2D eigenvalue weighted by Crippen LogP contribution is 2.22. The number of aryl methyl sites for hydroxylation is 2. The van der Waals surface area contributed by atoms with E-state index in [-0.39, 0.29) is 0 Å². The van der Waals surface area contributed by atoms with Gasteiger partial charge in [-0.15, -0.1) is 0 Å². The summed E-state index contributed by atoms with van der Waals surface area (Å²) in [5.74, 6) is 0. The Morgan fingerprint density at radius 1 is 1.29 bits per heavy atom. The number of likely N-dealkylation sites (N-methyl/N-ethyl adjacent to an activating group) is 1. The lowest BCUT2D eigenvalue weighted by Gasteiger charge is -2.18. The van der Waals surface area contributed by atoms with Crippen LogP contribution in [0.2, 0.25) is 5.02 Å². The molecule has 5 nitrogen and oxygen atoms in total. The van der Waals surface area contributed by atoms with E-state index < -0.39 is 0 Å². The van der Waals surface area contributed by atoms with Crippen molar-refractivity contribution in [2.45, 2.75) is 39.2 Å². The number of halogens is 1. The average Bonchev–Trinajstić information content (AvgIpc) is 2.74. The van der Waals surface area contributed by atoms with Crippen molar-refractivity contribution in [2.24, 2.45) is 7.05 Å². The van der Waals surface area contributed by atoms with Crippen LogP contribution in [0.5, 0.6) is 0 Å². The number of hydrogen-bond acceptors (Lipinski definition) is 4. The largest absolute Gasteiger partial charge is 0.382 e. The summed E-state index contributed by atoms with van der Waals surface area (Å²) in [7, 11) is 3.64. The molecule has 1 rings (SSSR count). The van der Waals surface area contributed by atoms with Gasteiger partial charge in [0.1, 0.15) is 0 Å². The second-order valence-electron chi connectivity index (χ2n) is 5.04. The molecule has 0 saturated heterocycles. The molecule has 0 spiro atoms. The van der Waals surface area contributed by atoms with Crippen molar-refractivity contribution in [3.8, 4) is 0 Å². The van der Waals surface area contributed by atoms with E-state index in [1.165, 1.54) is 0 Å². The van der Waals surface area contributed by atoms with Crippen molar-refractivity contribution in [2.75, 3.05) is 33.5 Å². The van der Waals surface area contributed by atoms with E-state index in [0.717, 1.165) is 48.8 Å². The number of nitrogens with zero attached hydrogens (tertiary/aromatic N) is 2. The summed E-state index contributed by atoms with van der Waals surface area (Å²) in [6, 6.07) is 0.343. The van der Waals surface area contributed by atoms with Crippen molar-refractivity contribution in [1.82, 2.24) is 15.1 Å². The van der Waals surface area contributed by atoms with Gasteiger partial charge in [0.2, 0.25) is 0 Å². The van der Waals surface area contributed by atoms with E-state index in [1.807, 2.05) is 11.7 Å². The van der Waals surface area contributed by atoms with Crippen molar-refractivity contribution >= 4 is 11.6 Å². The van der Waals surface area contributed by atoms with Crippen LogP contribution in [0.3, 0.4) is 0 Å². The Morgan fingerprint density at radius 3 is 2.62 bits per heavy atom. The predicted octanol–water partition coefficient (Wildman–Crippen LogP) is 2.21. The molecule has 1 heterocycles. The Balaban J connectivity index is 2.55. The maximum Gasteiger partial charge on any atom is 0.0850 e. The van der Waals surface area contributed by atoms with E-state index >= 15 is 0 Å². The van der Waals surface area contributed by atoms with E-state index in [4.69, 9.17) is 21.1 Å². The monoisotopic (exact) mass is 317 g/mol. The highest BCUT2D eigenvalue weighted by molar-refractivity contribution is 6.31. The fourth-order valence-electron chi connectivity index (χ4n) is 2.31. The van der Waals surface area contributed by atoms with Gasteiger partial charge in [-0.3, -0.25) is 4.68 Å². The molecular formula is C15H28ClN3O2. The van der Waals surface area contributed by atoms with Crippen LogP contribution in [-0.4, -0.2) is 49.3 Å². The Labute approximate surface area is 132 Å². The van der Waals surface area contributed by atoms with E-state index in [1.54, 1.807) is 7.11 Å². The normalized spacial score (nSPS) is 12.8. The molecule has 0 fully saturated rings. The molecule has 0 bridgehead atoms. The molecular weight excluding hydrogens is 290 g/mol. The van der Waals surface area contributed by atoms with Crippen molar-refractivity contribution in [1.29, 1.82) is 0 Å². The maximum absolute atomic E-state index is 6.42. The number of aromatic nitrogens is 2. The third kappa shape index (κ3) is 5.94. The minimum absolute atomic E-state index is 0.343. The molecule has 0 aliphatic carbocycles. The minimum Gasteiger partial charge on any atom is -0.382 e. The van der Waals surface area contributed by atoms with Crippen LogP contribution in [0, 0.1) is 0 Å². The number of ether oxygens (including phenoxy) is 2. The fourth-order valence-corrected chi connectivity index (χ4v) is 2.68. The predicted molar refractivity (Wildman–Crippen MR) is 86.1 cm³/mol. The highest BCUT2D eigenvalue weighted by atomic mass is 35.5. The molecule has 1 aromatic heterocycles. The van der Waals surface area contributed by atoms with E-state index in [9.17, 15) is 0 Å². The number of rotatable bonds is 11. The van der Waals surface area contributed by atoms with E-state index in [2.05, 4.69) is 24.3 Å². The van der Waals surface area contributed by atoms with Crippen molar-refractivity contribution < 1.29 is 9.47 Å². The van der Waals surface area contributed by atoms with Gasteiger partial charge in [-0.25, -0.2) is 0 Å². The molecule has 21 heavy (non-hydrogen) atoms. The van der Waals surface area contributed by atoms with Gasteiger partial charge in [0.25, 0.3) is 0 Å². The number of methoxy groups -OCH3 is 1. The minimum atomic E-state index is 0.343. The van der Waals surface area contributed by atoms with Crippen LogP contribution >= 0.6 is 11.6 Å². The molecule has 1 atom stereocenters. The Morgan fingerprint density at radius 2 is 2.05 bits per heavy atom. The van der Waals surface area contributed by atoms with Crippen molar-refractivity contribution in [3.63, 3.8) is 0 Å². The van der Waals surface area contributed by atoms with Crippen molar-refractivity contribution in [3.05, 3.63) is 16.4 Å². The van der Waals surface area contributed by atoms with Gasteiger partial charge in [0.05, 0.1) is 29.6 Å². The van der Waals surface area contributed by atoms with Gasteiger partial charge in [-0.2, -0.15) is 5.10 Å². The van der Waals surface area contributed by atoms with Crippen LogP contribution in [-0.2, 0) is 29.4 Å². The van der Waals surface area contributed by atoms with E-state index in [0.29, 0.717) is 19.3 Å². The lowest BCUT2D eigenvalue weighted by Crippen LogP contribution is -2.33. The van der Waals surface area contributed by atoms with Gasteiger partial charge in [0.15, 0.2) is 0 Å². The first kappa shape index (κ1) is 18.4. The standard InChI is InChI=1S/C15H28ClN3O2/c1-5-13-15(16)14(19(3)18-13)11-12(17-6-2)7-8-21-10-9-20-4/h12,17H,5-11H2,1-4H3. The topological polar surface area (TPSA) is 48.3 Å². The maximum atomic E-state index is 6.42. The molecule has 0 radical (unpaired) electrons. The lowest BCUT2D eigenvalue weighted by molar-refractivity contribution is 0.0658. The first-order chi connectivity index (χ1) is 10.1. The molecule has 0 aliphatic rings. The summed E-state index contributed by atoms with van der Waals surface area (Å²) in [5.41, 5.74) is 2.07. The summed E-state index contributed by atoms with van der Waals surface area (Å²) in [6.45, 7) is 7.11. The zero-order valence-corrected chi connectivity index (χ0v) is 14.4. The van der Waals surface area contributed by atoms with Gasteiger partial charge in [0, 0.05) is 33.2 Å². The summed E-state index contributed by atoms with van der Waals surface area (Å²) < 4.78 is 12.4. The quantitative estimate of drug-likeness (QED) is 0.636. The second-order valence-corrected chi connectivity index (χ2v) is 5.42. The fraction of sp³-hybridized carbons (Fsp3) is 0.800. The molecule has 6 heteroatoms. The third-order valence-electron chi connectivity index (χ3n) is 3.48. The Kier molecular flexibility index (Phi) is 8.92. The highest BCUT2D eigenvalue weighted by Gasteiger charge is 2.17. The Bertz CT molecular complexity index is 410. The molecule has 0 aliphatic heterocycles. The third-order valence-corrected chi connectivity index (χ3v) is 3.91. The van der Waals surface area contributed by atoms with Crippen LogP contribution in [0.4, 0.5) is 0 Å². The molecule has 1 unspecified atom stereocenters.